The Bertz CT molecular complexity index is 667. The molecule has 0 fully saturated rings. The molecule has 0 unspecified atom stereocenters. The van der Waals surface area contributed by atoms with Gasteiger partial charge in [-0.2, -0.15) is 0 Å². The maximum atomic E-state index is 13.7. The SMILES string of the molecule is C[Si](C)(C)OC[C@@](C[C@H](O[Si](C)(C)C)C(=O)O[Si](C)(C)C)(O[Si](C)(C)C)C(=O)O[Si](C)(C)C. The van der Waals surface area contributed by atoms with Gasteiger partial charge in [-0.25, -0.2) is 0 Å². The van der Waals surface area contributed by atoms with E-state index < -0.39 is 65.2 Å². The summed E-state index contributed by atoms with van der Waals surface area (Å²) in [7, 11) is -10.9. The fourth-order valence-corrected chi connectivity index (χ4v) is 7.45. The zero-order chi connectivity index (χ0) is 26.7. The zero-order valence-electron chi connectivity index (χ0n) is 23.8. The minimum atomic E-state index is -2.27. The van der Waals surface area contributed by atoms with Gasteiger partial charge in [0.15, 0.2) is 30.6 Å². The largest absolute Gasteiger partial charge is 0.518 e. The van der Waals surface area contributed by atoms with Crippen LogP contribution in [-0.2, 0) is 31.7 Å². The maximum absolute atomic E-state index is 13.7. The van der Waals surface area contributed by atoms with E-state index in [2.05, 4.69) is 19.6 Å². The average molecular weight is 555 g/mol. The van der Waals surface area contributed by atoms with Crippen LogP contribution in [0.5, 0.6) is 0 Å². The smallest absolute Gasteiger partial charge is 0.326 e. The van der Waals surface area contributed by atoms with Crippen molar-refractivity contribution in [3.05, 3.63) is 0 Å². The van der Waals surface area contributed by atoms with E-state index in [1.54, 1.807) is 0 Å². The first-order valence-electron chi connectivity index (χ1n) is 11.7. The van der Waals surface area contributed by atoms with Crippen LogP contribution in [0.3, 0.4) is 0 Å². The summed E-state index contributed by atoms with van der Waals surface area (Å²) in [4.78, 5) is 27.0. The molecule has 0 radical (unpaired) electrons. The van der Waals surface area contributed by atoms with E-state index in [9.17, 15) is 9.59 Å². The summed E-state index contributed by atoms with van der Waals surface area (Å²) in [6, 6.07) is 0. The molecule has 12 heteroatoms. The van der Waals surface area contributed by atoms with Crippen LogP contribution >= 0.6 is 0 Å². The predicted molar refractivity (Wildman–Crippen MR) is 148 cm³/mol. The highest BCUT2D eigenvalue weighted by molar-refractivity contribution is 6.72. The fourth-order valence-electron chi connectivity index (χ4n) is 2.87. The molecular formula is C21H50O7Si5. The fraction of sp³-hybridized carbons (Fsp3) is 0.905. The first kappa shape index (κ1) is 32.9. The van der Waals surface area contributed by atoms with Crippen LogP contribution in [-0.4, -0.2) is 71.8 Å². The maximum Gasteiger partial charge on any atom is 0.326 e. The molecule has 0 bridgehead atoms. The van der Waals surface area contributed by atoms with Crippen LogP contribution < -0.4 is 0 Å². The first-order valence-corrected chi connectivity index (χ1v) is 28.8. The van der Waals surface area contributed by atoms with Crippen molar-refractivity contribution in [2.24, 2.45) is 0 Å². The molecule has 196 valence electrons. The van der Waals surface area contributed by atoms with Crippen molar-refractivity contribution in [3.63, 3.8) is 0 Å². The third-order valence-corrected chi connectivity index (χ3v) is 8.31. The van der Waals surface area contributed by atoms with Gasteiger partial charge in [0.25, 0.3) is 0 Å². The van der Waals surface area contributed by atoms with E-state index in [-0.39, 0.29) is 13.0 Å². The molecule has 0 rings (SSSR count). The van der Waals surface area contributed by atoms with E-state index in [1.165, 1.54) is 0 Å². The molecule has 0 aliphatic heterocycles. The Labute approximate surface area is 207 Å². The third-order valence-electron chi connectivity index (χ3n) is 3.69. The van der Waals surface area contributed by atoms with E-state index in [1.807, 2.05) is 78.6 Å². The lowest BCUT2D eigenvalue weighted by atomic mass is 9.97. The normalized spacial score (nSPS) is 16.7. The highest BCUT2D eigenvalue weighted by Gasteiger charge is 2.51. The molecule has 0 heterocycles. The second-order valence-electron chi connectivity index (χ2n) is 13.6. The van der Waals surface area contributed by atoms with Gasteiger partial charge in [-0.3, -0.25) is 9.59 Å². The molecule has 0 aromatic carbocycles. The van der Waals surface area contributed by atoms with Gasteiger partial charge >= 0.3 is 11.9 Å². The molecule has 7 nitrogen and oxygen atoms in total. The van der Waals surface area contributed by atoms with E-state index >= 15 is 0 Å². The van der Waals surface area contributed by atoms with Crippen LogP contribution in [0.2, 0.25) is 98.2 Å². The summed E-state index contributed by atoms with van der Waals surface area (Å²) in [6.45, 7) is 30.1. The highest BCUT2D eigenvalue weighted by atomic mass is 28.4. The second-order valence-corrected chi connectivity index (χ2v) is 35.8. The molecule has 33 heavy (non-hydrogen) atoms. The number of rotatable bonds is 13. The molecule has 0 N–H and O–H groups in total. The van der Waals surface area contributed by atoms with Crippen LogP contribution in [0.1, 0.15) is 6.42 Å². The van der Waals surface area contributed by atoms with Crippen LogP contribution in [0.25, 0.3) is 0 Å². The van der Waals surface area contributed by atoms with Gasteiger partial charge in [0, 0.05) is 6.42 Å². The van der Waals surface area contributed by atoms with Gasteiger partial charge in [0.05, 0.1) is 6.61 Å². The molecule has 0 amide bonds. The number of carbonyl (C=O) groups is 2. The molecule has 0 saturated carbocycles. The number of hydrogen-bond acceptors (Lipinski definition) is 7. The molecule has 0 spiro atoms. The first-order chi connectivity index (χ1) is 14.2. The Morgan fingerprint density at radius 3 is 1.42 bits per heavy atom. The van der Waals surface area contributed by atoms with Crippen molar-refractivity contribution in [2.75, 3.05) is 6.61 Å². The predicted octanol–water partition coefficient (Wildman–Crippen LogP) is 5.79. The Morgan fingerprint density at radius 2 is 1.09 bits per heavy atom. The topological polar surface area (TPSA) is 80.3 Å². The quantitative estimate of drug-likeness (QED) is 0.266. The van der Waals surface area contributed by atoms with Crippen molar-refractivity contribution in [3.8, 4) is 0 Å². The van der Waals surface area contributed by atoms with Crippen molar-refractivity contribution < 1.29 is 31.7 Å². The molecule has 0 aliphatic rings. The van der Waals surface area contributed by atoms with E-state index in [0.29, 0.717) is 0 Å². The molecule has 2 atom stereocenters. The van der Waals surface area contributed by atoms with Crippen molar-refractivity contribution in [1.82, 2.24) is 0 Å². The van der Waals surface area contributed by atoms with Crippen LogP contribution in [0, 0.1) is 0 Å². The third kappa shape index (κ3) is 15.5. The lowest BCUT2D eigenvalue weighted by Crippen LogP contribution is -2.59. The summed E-state index contributed by atoms with van der Waals surface area (Å²) < 4.78 is 30.9. The van der Waals surface area contributed by atoms with Crippen LogP contribution in [0.15, 0.2) is 0 Å². The standard InChI is InChI=1S/C21H50O7Si5/c1-29(2,3)24-17-21(28-33(13,14)15,20(23)27-32(10,11)12)16-18(25-30(4,5)6)19(22)26-31(7,8)9/h18H,16-17H2,1-15H3/t18-,21+/m0/s1. The Morgan fingerprint density at radius 1 is 0.636 bits per heavy atom. The number of hydrogen-bond donors (Lipinski definition) is 0. The minimum absolute atomic E-state index is 0.0125. The molecule has 0 aliphatic carbocycles. The van der Waals surface area contributed by atoms with E-state index in [0.717, 1.165) is 0 Å². The molecular weight excluding hydrogens is 505 g/mol. The van der Waals surface area contributed by atoms with Crippen molar-refractivity contribution >= 4 is 53.5 Å². The van der Waals surface area contributed by atoms with Crippen molar-refractivity contribution in [2.45, 2.75) is 116 Å². The molecule has 0 aromatic rings. The monoisotopic (exact) mass is 554 g/mol. The summed E-state index contributed by atoms with van der Waals surface area (Å²) in [5.74, 6) is -0.902. The van der Waals surface area contributed by atoms with Crippen molar-refractivity contribution in [1.29, 1.82) is 0 Å². The van der Waals surface area contributed by atoms with Gasteiger partial charge in [0.1, 0.15) is 6.10 Å². The molecule has 0 saturated heterocycles. The summed E-state index contributed by atoms with van der Waals surface area (Å²) in [5.41, 5.74) is -1.44. The summed E-state index contributed by atoms with van der Waals surface area (Å²) >= 11 is 0. The lowest BCUT2D eigenvalue weighted by molar-refractivity contribution is -0.163. The van der Waals surface area contributed by atoms with Gasteiger partial charge in [-0.05, 0) is 98.2 Å². The second kappa shape index (κ2) is 11.3. The number of carbonyl (C=O) groups excluding carboxylic acids is 2. The van der Waals surface area contributed by atoms with Gasteiger partial charge in [-0.1, -0.05) is 0 Å². The lowest BCUT2D eigenvalue weighted by Gasteiger charge is -2.42. The summed E-state index contributed by atoms with van der Waals surface area (Å²) in [5, 5.41) is 0. The molecule has 0 aromatic heterocycles. The van der Waals surface area contributed by atoms with Gasteiger partial charge in [-0.15, -0.1) is 0 Å². The Hall–Kier alpha value is -0.0956. The Kier molecular flexibility index (Phi) is 11.3. The van der Waals surface area contributed by atoms with Crippen LogP contribution in [0.4, 0.5) is 0 Å². The highest BCUT2D eigenvalue weighted by Crippen LogP contribution is 2.31. The minimum Gasteiger partial charge on any atom is -0.518 e. The summed E-state index contributed by atoms with van der Waals surface area (Å²) in [6.07, 6.45) is -0.919. The zero-order valence-corrected chi connectivity index (χ0v) is 28.8. The van der Waals surface area contributed by atoms with E-state index in [4.69, 9.17) is 22.1 Å². The van der Waals surface area contributed by atoms with Gasteiger partial charge in [0.2, 0.25) is 16.6 Å². The average Bonchev–Trinajstić information content (AvgIpc) is 2.44. The van der Waals surface area contributed by atoms with Gasteiger partial charge < -0.3 is 22.1 Å². The Balaban J connectivity index is 6.58.